The quantitative estimate of drug-likeness (QED) is 0.714. The number of nitrogens with one attached hydrogen (secondary N) is 1. The van der Waals surface area contributed by atoms with Gasteiger partial charge in [0.05, 0.1) is 0 Å². The van der Waals surface area contributed by atoms with Gasteiger partial charge in [-0.15, -0.1) is 0 Å². The second-order valence-corrected chi connectivity index (χ2v) is 5.37. The molecule has 0 radical (unpaired) electrons. The zero-order chi connectivity index (χ0) is 13.4. The number of rotatable bonds is 8. The molecule has 0 saturated carbocycles. The van der Waals surface area contributed by atoms with E-state index in [1.807, 2.05) is 0 Å². The summed E-state index contributed by atoms with van der Waals surface area (Å²) in [4.78, 5) is 0. The van der Waals surface area contributed by atoms with Crippen LogP contribution < -0.4 is 5.32 Å². The van der Waals surface area contributed by atoms with Gasteiger partial charge in [0, 0.05) is 17.4 Å². The van der Waals surface area contributed by atoms with Crippen molar-refractivity contribution in [3.05, 3.63) is 35.4 Å². The predicted molar refractivity (Wildman–Crippen MR) is 75.0 cm³/mol. The average molecular weight is 273 g/mol. The molecule has 0 spiro atoms. The van der Waals surface area contributed by atoms with Crippen LogP contribution in [0, 0.1) is 11.6 Å². The normalized spacial score (nSPS) is 12.7. The van der Waals surface area contributed by atoms with Gasteiger partial charge in [-0.3, -0.25) is 0 Å². The van der Waals surface area contributed by atoms with Crippen molar-refractivity contribution in [3.8, 4) is 0 Å². The highest BCUT2D eigenvalue weighted by Gasteiger charge is 2.17. The Bertz CT molecular complexity index is 358. The zero-order valence-corrected chi connectivity index (χ0v) is 11.8. The molecule has 1 atom stereocenters. The Hall–Kier alpha value is -0.610. The van der Waals surface area contributed by atoms with Gasteiger partial charge in [0.2, 0.25) is 0 Å². The lowest BCUT2D eigenvalue weighted by molar-refractivity contribution is 0.475. The van der Waals surface area contributed by atoms with E-state index in [1.165, 1.54) is 0 Å². The van der Waals surface area contributed by atoms with E-state index in [0.29, 0.717) is 5.56 Å². The molecule has 0 bridgehead atoms. The van der Waals surface area contributed by atoms with E-state index < -0.39 is 11.6 Å². The van der Waals surface area contributed by atoms with Crippen molar-refractivity contribution in [1.29, 1.82) is 0 Å². The predicted octanol–water partition coefficient (Wildman–Crippen LogP) is 4.15. The summed E-state index contributed by atoms with van der Waals surface area (Å²) in [5.74, 6) is 0.328. The first kappa shape index (κ1) is 15.4. The largest absolute Gasteiger partial charge is 0.309 e. The highest BCUT2D eigenvalue weighted by molar-refractivity contribution is 7.99. The maximum Gasteiger partial charge on any atom is 0.163 e. The average Bonchev–Trinajstić information content (AvgIpc) is 2.37. The van der Waals surface area contributed by atoms with Gasteiger partial charge in [-0.1, -0.05) is 26.0 Å². The molecule has 1 nitrogen and oxygen atoms in total. The molecule has 18 heavy (non-hydrogen) atoms. The van der Waals surface area contributed by atoms with Crippen LogP contribution >= 0.6 is 11.8 Å². The van der Waals surface area contributed by atoms with Gasteiger partial charge in [-0.05, 0) is 31.2 Å². The minimum atomic E-state index is -0.767. The molecule has 0 heterocycles. The third-order valence-corrected chi connectivity index (χ3v) is 3.90. The SMILES string of the molecule is CCCNC(CSCCC)c1cccc(F)c1F. The van der Waals surface area contributed by atoms with Crippen molar-refractivity contribution in [1.82, 2.24) is 5.32 Å². The number of benzene rings is 1. The Labute approximate surface area is 112 Å². The summed E-state index contributed by atoms with van der Waals surface area (Å²) >= 11 is 1.77. The summed E-state index contributed by atoms with van der Waals surface area (Å²) < 4.78 is 27.0. The van der Waals surface area contributed by atoms with E-state index in [9.17, 15) is 8.78 Å². The molecular weight excluding hydrogens is 252 g/mol. The molecule has 1 rings (SSSR count). The summed E-state index contributed by atoms with van der Waals surface area (Å²) in [6, 6.07) is 4.28. The van der Waals surface area contributed by atoms with Gasteiger partial charge in [0.1, 0.15) is 0 Å². The summed E-state index contributed by atoms with van der Waals surface area (Å²) in [7, 11) is 0. The monoisotopic (exact) mass is 273 g/mol. The van der Waals surface area contributed by atoms with Gasteiger partial charge >= 0.3 is 0 Å². The Morgan fingerprint density at radius 1 is 1.22 bits per heavy atom. The van der Waals surface area contributed by atoms with Crippen LogP contribution in [-0.4, -0.2) is 18.1 Å². The minimum Gasteiger partial charge on any atom is -0.309 e. The number of hydrogen-bond acceptors (Lipinski definition) is 2. The van der Waals surface area contributed by atoms with Gasteiger partial charge in [0.15, 0.2) is 11.6 Å². The van der Waals surface area contributed by atoms with Crippen LogP contribution in [0.2, 0.25) is 0 Å². The summed E-state index contributed by atoms with van der Waals surface area (Å²) in [6.07, 6.45) is 2.07. The summed E-state index contributed by atoms with van der Waals surface area (Å²) in [5, 5.41) is 3.29. The van der Waals surface area contributed by atoms with Crippen molar-refractivity contribution < 1.29 is 8.78 Å². The van der Waals surface area contributed by atoms with Crippen LogP contribution in [0.3, 0.4) is 0 Å². The standard InChI is InChI=1S/C14H21F2NS/c1-3-8-17-13(10-18-9-4-2)11-6-5-7-12(15)14(11)16/h5-7,13,17H,3-4,8-10H2,1-2H3. The van der Waals surface area contributed by atoms with Gasteiger partial charge in [-0.2, -0.15) is 11.8 Å². The molecule has 1 aromatic rings. The van der Waals surface area contributed by atoms with E-state index in [4.69, 9.17) is 0 Å². The molecule has 1 aromatic carbocycles. The van der Waals surface area contributed by atoms with E-state index >= 15 is 0 Å². The van der Waals surface area contributed by atoms with Crippen molar-refractivity contribution in [2.24, 2.45) is 0 Å². The molecule has 0 fully saturated rings. The molecule has 0 aliphatic heterocycles. The highest BCUT2D eigenvalue weighted by Crippen LogP contribution is 2.23. The molecule has 0 amide bonds. The third-order valence-electron chi connectivity index (χ3n) is 2.63. The van der Waals surface area contributed by atoms with Crippen LogP contribution in [0.4, 0.5) is 8.78 Å². The third kappa shape index (κ3) is 4.58. The first-order valence-electron chi connectivity index (χ1n) is 6.45. The van der Waals surface area contributed by atoms with Crippen LogP contribution in [-0.2, 0) is 0 Å². The first-order chi connectivity index (χ1) is 8.70. The Morgan fingerprint density at radius 2 is 2.00 bits per heavy atom. The summed E-state index contributed by atoms with van der Waals surface area (Å²) in [5.41, 5.74) is 0.437. The first-order valence-corrected chi connectivity index (χ1v) is 7.61. The lowest BCUT2D eigenvalue weighted by atomic mass is 10.1. The van der Waals surface area contributed by atoms with Gasteiger partial charge in [-0.25, -0.2) is 8.78 Å². The zero-order valence-electron chi connectivity index (χ0n) is 11.0. The van der Waals surface area contributed by atoms with Crippen molar-refractivity contribution >= 4 is 11.8 Å². The Balaban J connectivity index is 2.76. The van der Waals surface area contributed by atoms with Crippen molar-refractivity contribution in [3.63, 3.8) is 0 Å². The smallest absolute Gasteiger partial charge is 0.163 e. The molecule has 1 unspecified atom stereocenters. The number of thioether (sulfide) groups is 1. The van der Waals surface area contributed by atoms with E-state index in [2.05, 4.69) is 19.2 Å². The number of hydrogen-bond donors (Lipinski definition) is 1. The maximum absolute atomic E-state index is 13.8. The van der Waals surface area contributed by atoms with E-state index in [1.54, 1.807) is 23.9 Å². The lowest BCUT2D eigenvalue weighted by Gasteiger charge is -2.19. The Kier molecular flexibility index (Phi) is 7.28. The van der Waals surface area contributed by atoms with Crippen LogP contribution in [0.25, 0.3) is 0 Å². The van der Waals surface area contributed by atoms with Crippen LogP contribution in [0.1, 0.15) is 38.3 Å². The summed E-state index contributed by atoms with van der Waals surface area (Å²) in [6.45, 7) is 4.99. The topological polar surface area (TPSA) is 12.0 Å². The molecule has 0 aromatic heterocycles. The maximum atomic E-state index is 13.8. The second kappa shape index (κ2) is 8.48. The molecule has 102 valence electrons. The molecule has 4 heteroatoms. The molecule has 0 saturated heterocycles. The molecule has 0 aliphatic carbocycles. The second-order valence-electron chi connectivity index (χ2n) is 4.22. The molecule has 1 N–H and O–H groups in total. The fourth-order valence-corrected chi connectivity index (χ4v) is 2.70. The van der Waals surface area contributed by atoms with Crippen LogP contribution in [0.5, 0.6) is 0 Å². The van der Waals surface area contributed by atoms with Crippen molar-refractivity contribution in [2.75, 3.05) is 18.1 Å². The molecular formula is C14H21F2NS. The number of halogens is 2. The van der Waals surface area contributed by atoms with Crippen LogP contribution in [0.15, 0.2) is 18.2 Å². The van der Waals surface area contributed by atoms with Gasteiger partial charge < -0.3 is 5.32 Å². The fourth-order valence-electron chi connectivity index (χ4n) is 1.71. The fraction of sp³-hybridized carbons (Fsp3) is 0.571. The molecule has 0 aliphatic rings. The van der Waals surface area contributed by atoms with E-state index in [-0.39, 0.29) is 6.04 Å². The lowest BCUT2D eigenvalue weighted by Crippen LogP contribution is -2.25. The van der Waals surface area contributed by atoms with E-state index in [0.717, 1.165) is 37.0 Å². The highest BCUT2D eigenvalue weighted by atomic mass is 32.2. The minimum absolute atomic E-state index is 0.114. The Morgan fingerprint density at radius 3 is 2.67 bits per heavy atom. The van der Waals surface area contributed by atoms with Crippen molar-refractivity contribution in [2.45, 2.75) is 32.7 Å². The van der Waals surface area contributed by atoms with Gasteiger partial charge in [0.25, 0.3) is 0 Å².